The minimum atomic E-state index is -0.166. The molecule has 3 N–H and O–H groups in total. The molecule has 1 aliphatic rings. The highest BCUT2D eigenvalue weighted by Crippen LogP contribution is 2.27. The van der Waals surface area contributed by atoms with Gasteiger partial charge in [-0.1, -0.05) is 0 Å². The summed E-state index contributed by atoms with van der Waals surface area (Å²) in [4.78, 5) is 28.6. The number of amides is 1. The Labute approximate surface area is 225 Å². The van der Waals surface area contributed by atoms with Crippen molar-refractivity contribution in [3.63, 3.8) is 0 Å². The number of aryl methyl sites for hydroxylation is 3. The topological polar surface area (TPSA) is 140 Å². The van der Waals surface area contributed by atoms with Gasteiger partial charge in [0, 0.05) is 69.3 Å². The number of hydrogen-bond donors (Lipinski definition) is 3. The van der Waals surface area contributed by atoms with Gasteiger partial charge in [-0.2, -0.15) is 15.2 Å². The van der Waals surface area contributed by atoms with Crippen LogP contribution in [0.5, 0.6) is 0 Å². The van der Waals surface area contributed by atoms with Crippen LogP contribution in [0.3, 0.4) is 0 Å². The predicted octanol–water partition coefficient (Wildman–Crippen LogP) is 2.87. The number of nitrogens with zero attached hydrogens (tertiary/aromatic N) is 8. The van der Waals surface area contributed by atoms with Crippen LogP contribution in [-0.2, 0) is 18.8 Å². The van der Waals surface area contributed by atoms with Gasteiger partial charge in [-0.05, 0) is 32.9 Å². The molecular formula is C25H39N11O2. The fourth-order valence-corrected chi connectivity index (χ4v) is 4.47. The molecule has 4 aromatic heterocycles. The molecule has 1 fully saturated rings. The number of anilines is 4. The summed E-state index contributed by atoms with van der Waals surface area (Å²) in [5, 5.41) is 18.9. The number of carbonyl (C=O) groups excluding carboxylic acids is 1. The van der Waals surface area contributed by atoms with E-state index in [9.17, 15) is 4.79 Å². The van der Waals surface area contributed by atoms with Gasteiger partial charge in [0.15, 0.2) is 11.5 Å². The largest absolute Gasteiger partial charge is 0.381 e. The Kier molecular flexibility index (Phi) is 7.47. The maximum atomic E-state index is 12.9. The van der Waals surface area contributed by atoms with Crippen molar-refractivity contribution in [3.8, 4) is 0 Å². The molecule has 13 nitrogen and oxygen atoms in total. The van der Waals surface area contributed by atoms with Gasteiger partial charge in [0.2, 0.25) is 5.95 Å². The van der Waals surface area contributed by atoms with E-state index in [1.807, 2.05) is 27.2 Å². The zero-order chi connectivity index (χ0) is 26.6. The molecule has 0 spiro atoms. The lowest BCUT2D eigenvalue weighted by atomic mass is 10.1. The Morgan fingerprint density at radius 2 is 2.00 bits per heavy atom. The Morgan fingerprint density at radius 1 is 1.18 bits per heavy atom. The SMILES string of the molecule is Cc1ncc(C(=O)NCCN(C)C2CCOCC2)cc1Nc1nn(C)c2nc(Nc3cnn(C)c3)ncc12.[HH].[HH].[HH]. The standard InChI is InChI=1S/C25H33N11O2.3H2/c1-16-21(11-17(12-27-16)24(37)26-7-8-34(2)19-5-9-38-10-6-19)31-22-20-14-28-25(32-23(20)36(4)33-22)30-18-13-29-35(3)15-18;;;/h11-15,19H,5-10H2,1-4H3,(H,26,37)(H,31,33)(H,28,30,32);3*1H. The zero-order valence-electron chi connectivity index (χ0n) is 22.1. The second kappa shape index (κ2) is 11.1. The van der Waals surface area contributed by atoms with E-state index in [0.717, 1.165) is 49.4 Å². The van der Waals surface area contributed by atoms with Crippen molar-refractivity contribution in [1.82, 2.24) is 44.7 Å². The average molecular weight is 526 g/mol. The Bertz CT molecular complexity index is 1440. The summed E-state index contributed by atoms with van der Waals surface area (Å²) in [6.45, 7) is 4.81. The summed E-state index contributed by atoms with van der Waals surface area (Å²) in [7, 11) is 5.76. The van der Waals surface area contributed by atoms with E-state index in [0.29, 0.717) is 41.3 Å². The summed E-state index contributed by atoms with van der Waals surface area (Å²) in [6.07, 6.45) is 8.90. The minimum Gasteiger partial charge on any atom is -0.381 e. The lowest BCUT2D eigenvalue weighted by molar-refractivity contribution is 0.0432. The van der Waals surface area contributed by atoms with Gasteiger partial charge >= 0.3 is 0 Å². The molecule has 4 aromatic rings. The molecule has 5 heterocycles. The van der Waals surface area contributed by atoms with Crippen LogP contribution in [0.25, 0.3) is 11.0 Å². The minimum absolute atomic E-state index is 0. The van der Waals surface area contributed by atoms with Gasteiger partial charge in [0.05, 0.1) is 34.2 Å². The van der Waals surface area contributed by atoms with E-state index < -0.39 is 0 Å². The number of aromatic nitrogens is 7. The van der Waals surface area contributed by atoms with Gasteiger partial charge in [-0.25, -0.2) is 9.67 Å². The molecule has 13 heteroatoms. The van der Waals surface area contributed by atoms with Gasteiger partial charge in [0.25, 0.3) is 5.91 Å². The quantitative estimate of drug-likeness (QED) is 0.299. The van der Waals surface area contributed by atoms with Gasteiger partial charge in [-0.15, -0.1) is 0 Å². The first kappa shape index (κ1) is 25.5. The fraction of sp³-hybridized carbons (Fsp3) is 0.440. The number of ether oxygens (including phenoxy) is 1. The van der Waals surface area contributed by atoms with Crippen molar-refractivity contribution in [1.29, 1.82) is 0 Å². The molecule has 5 rings (SSSR count). The van der Waals surface area contributed by atoms with Crippen molar-refractivity contribution >= 4 is 40.1 Å². The third-order valence-electron chi connectivity index (χ3n) is 6.71. The van der Waals surface area contributed by atoms with Crippen LogP contribution < -0.4 is 16.0 Å². The second-order valence-electron chi connectivity index (χ2n) is 9.49. The maximum absolute atomic E-state index is 12.9. The molecular weight excluding hydrogens is 486 g/mol. The van der Waals surface area contributed by atoms with Gasteiger partial charge < -0.3 is 25.6 Å². The molecule has 1 saturated heterocycles. The Morgan fingerprint density at radius 3 is 2.76 bits per heavy atom. The van der Waals surface area contributed by atoms with Crippen LogP contribution in [-0.4, -0.2) is 84.7 Å². The van der Waals surface area contributed by atoms with E-state index in [-0.39, 0.29) is 10.2 Å². The van der Waals surface area contributed by atoms with E-state index in [2.05, 4.69) is 53.0 Å². The normalized spacial score (nSPS) is 14.2. The van der Waals surface area contributed by atoms with E-state index >= 15 is 0 Å². The number of likely N-dealkylation sites (N-methyl/N-ethyl adjacent to an activating group) is 1. The van der Waals surface area contributed by atoms with Crippen molar-refractivity contribution in [2.75, 3.05) is 44.0 Å². The molecule has 0 saturated carbocycles. The number of nitrogens with one attached hydrogen (secondary N) is 3. The Balaban J connectivity index is 0.00000196. The van der Waals surface area contributed by atoms with Crippen molar-refractivity contribution in [2.24, 2.45) is 14.1 Å². The van der Waals surface area contributed by atoms with E-state index in [4.69, 9.17) is 4.74 Å². The summed E-state index contributed by atoms with van der Waals surface area (Å²) in [6, 6.07) is 2.29. The molecule has 38 heavy (non-hydrogen) atoms. The Hall–Kier alpha value is -4.10. The first-order valence-corrected chi connectivity index (χ1v) is 12.6. The number of fused-ring (bicyclic) bond motifs is 1. The number of carbonyl (C=O) groups is 1. The highest BCUT2D eigenvalue weighted by atomic mass is 16.5. The average Bonchev–Trinajstić information content (AvgIpc) is 3.47. The summed E-state index contributed by atoms with van der Waals surface area (Å²) >= 11 is 0. The van der Waals surface area contributed by atoms with Crippen molar-refractivity contribution in [2.45, 2.75) is 25.8 Å². The fourth-order valence-electron chi connectivity index (χ4n) is 4.47. The summed E-state index contributed by atoms with van der Waals surface area (Å²) in [5.41, 5.74) is 3.36. The molecule has 0 bridgehead atoms. The highest BCUT2D eigenvalue weighted by molar-refractivity contribution is 5.96. The molecule has 0 aliphatic carbocycles. The first-order chi connectivity index (χ1) is 18.4. The molecule has 0 atom stereocenters. The number of pyridine rings is 1. The van der Waals surface area contributed by atoms with Crippen LogP contribution in [0.1, 0.15) is 33.2 Å². The highest BCUT2D eigenvalue weighted by Gasteiger charge is 2.19. The van der Waals surface area contributed by atoms with Crippen LogP contribution >= 0.6 is 0 Å². The third-order valence-corrected chi connectivity index (χ3v) is 6.71. The molecule has 1 aliphatic heterocycles. The summed E-state index contributed by atoms with van der Waals surface area (Å²) in [5.74, 6) is 0.858. The second-order valence-corrected chi connectivity index (χ2v) is 9.49. The monoisotopic (exact) mass is 525 g/mol. The molecule has 0 unspecified atom stereocenters. The smallest absolute Gasteiger partial charge is 0.252 e. The number of hydrogen-bond acceptors (Lipinski definition) is 10. The van der Waals surface area contributed by atoms with Gasteiger partial charge in [-0.3, -0.25) is 14.5 Å². The molecule has 206 valence electrons. The number of rotatable bonds is 9. The third kappa shape index (κ3) is 5.73. The lowest BCUT2D eigenvalue weighted by Crippen LogP contribution is -2.41. The van der Waals surface area contributed by atoms with Crippen LogP contribution in [0.15, 0.2) is 30.9 Å². The van der Waals surface area contributed by atoms with Crippen molar-refractivity contribution in [3.05, 3.63) is 42.1 Å². The summed E-state index contributed by atoms with van der Waals surface area (Å²) < 4.78 is 8.82. The molecule has 0 aromatic carbocycles. The van der Waals surface area contributed by atoms with E-state index in [1.54, 1.807) is 34.0 Å². The van der Waals surface area contributed by atoms with Crippen LogP contribution in [0.4, 0.5) is 23.1 Å². The van der Waals surface area contributed by atoms with Crippen LogP contribution in [0.2, 0.25) is 0 Å². The van der Waals surface area contributed by atoms with Crippen LogP contribution in [0, 0.1) is 6.92 Å². The maximum Gasteiger partial charge on any atom is 0.252 e. The lowest BCUT2D eigenvalue weighted by Gasteiger charge is -2.31. The predicted molar refractivity (Wildman–Crippen MR) is 150 cm³/mol. The first-order valence-electron chi connectivity index (χ1n) is 12.6. The molecule has 0 radical (unpaired) electrons. The zero-order valence-corrected chi connectivity index (χ0v) is 22.1. The van der Waals surface area contributed by atoms with E-state index in [1.165, 1.54) is 0 Å². The molecule has 1 amide bonds. The van der Waals surface area contributed by atoms with Gasteiger partial charge in [0.1, 0.15) is 0 Å². The van der Waals surface area contributed by atoms with Crippen molar-refractivity contribution < 1.29 is 13.8 Å².